The van der Waals surface area contributed by atoms with Crippen LogP contribution in [0, 0.1) is 5.82 Å². The smallest absolute Gasteiger partial charge is 0.203 e. The molecular formula is C16H11ClFN3S. The molecule has 1 aromatic heterocycles. The zero-order chi connectivity index (χ0) is 15.4. The molecule has 0 fully saturated rings. The molecule has 0 saturated heterocycles. The molecule has 0 atom stereocenters. The fourth-order valence-corrected chi connectivity index (χ4v) is 2.68. The summed E-state index contributed by atoms with van der Waals surface area (Å²) in [5, 5.41) is 6.80. The second-order valence-electron chi connectivity index (χ2n) is 4.45. The van der Waals surface area contributed by atoms with E-state index in [1.54, 1.807) is 12.3 Å². The Morgan fingerprint density at radius 3 is 2.77 bits per heavy atom. The van der Waals surface area contributed by atoms with Gasteiger partial charge >= 0.3 is 0 Å². The van der Waals surface area contributed by atoms with Crippen LogP contribution in [0.25, 0.3) is 11.3 Å². The minimum absolute atomic E-state index is 0.0737. The van der Waals surface area contributed by atoms with Gasteiger partial charge in [0.05, 0.1) is 16.9 Å². The molecule has 6 heteroatoms. The number of nitrogens with zero attached hydrogens (tertiary/aromatic N) is 2. The van der Waals surface area contributed by atoms with E-state index in [-0.39, 0.29) is 5.02 Å². The Morgan fingerprint density at radius 1 is 1.18 bits per heavy atom. The highest BCUT2D eigenvalue weighted by atomic mass is 35.5. The molecule has 0 saturated carbocycles. The van der Waals surface area contributed by atoms with Gasteiger partial charge in [0.15, 0.2) is 0 Å². The Labute approximate surface area is 136 Å². The molecule has 0 aliphatic carbocycles. The molecule has 3 nitrogen and oxygen atoms in total. The number of anilines is 1. The molecule has 1 heterocycles. The Bertz CT molecular complexity index is 802. The summed E-state index contributed by atoms with van der Waals surface area (Å²) in [6.07, 6.45) is 1.56. The predicted molar refractivity (Wildman–Crippen MR) is 90.2 cm³/mol. The Kier molecular flexibility index (Phi) is 4.46. The highest BCUT2D eigenvalue weighted by molar-refractivity contribution is 7.14. The van der Waals surface area contributed by atoms with Gasteiger partial charge in [-0.1, -0.05) is 48.0 Å². The number of benzene rings is 2. The SMILES string of the molecule is Fc1ccc(C=NNc2nc(-c3ccccc3)cs2)cc1Cl. The van der Waals surface area contributed by atoms with E-state index in [1.165, 1.54) is 23.5 Å². The van der Waals surface area contributed by atoms with Gasteiger partial charge in [-0.3, -0.25) is 5.43 Å². The van der Waals surface area contributed by atoms with Crippen LogP contribution in [-0.4, -0.2) is 11.2 Å². The zero-order valence-corrected chi connectivity index (χ0v) is 12.9. The number of hydrogen-bond acceptors (Lipinski definition) is 4. The number of nitrogens with one attached hydrogen (secondary N) is 1. The lowest BCUT2D eigenvalue weighted by molar-refractivity contribution is 0.628. The minimum atomic E-state index is -0.445. The maximum absolute atomic E-state index is 13.0. The van der Waals surface area contributed by atoms with Crippen molar-refractivity contribution in [1.29, 1.82) is 0 Å². The molecule has 2 aromatic carbocycles. The topological polar surface area (TPSA) is 37.3 Å². The van der Waals surface area contributed by atoms with Crippen LogP contribution in [0.2, 0.25) is 5.02 Å². The van der Waals surface area contributed by atoms with E-state index in [2.05, 4.69) is 15.5 Å². The van der Waals surface area contributed by atoms with Crippen LogP contribution in [0.15, 0.2) is 59.0 Å². The molecule has 3 rings (SSSR count). The van der Waals surface area contributed by atoms with Crippen molar-refractivity contribution in [2.45, 2.75) is 0 Å². The lowest BCUT2D eigenvalue weighted by Crippen LogP contribution is -1.91. The Balaban J connectivity index is 1.68. The maximum atomic E-state index is 13.0. The van der Waals surface area contributed by atoms with E-state index in [4.69, 9.17) is 11.6 Å². The second kappa shape index (κ2) is 6.68. The minimum Gasteiger partial charge on any atom is -0.253 e. The van der Waals surface area contributed by atoms with Crippen LogP contribution in [0.5, 0.6) is 0 Å². The monoisotopic (exact) mass is 331 g/mol. The fourth-order valence-electron chi connectivity index (χ4n) is 1.82. The third kappa shape index (κ3) is 3.50. The second-order valence-corrected chi connectivity index (χ2v) is 5.71. The normalized spacial score (nSPS) is 11.0. The van der Waals surface area contributed by atoms with Gasteiger partial charge in [0.2, 0.25) is 5.13 Å². The summed E-state index contributed by atoms with van der Waals surface area (Å²) in [5.41, 5.74) is 5.52. The molecule has 0 radical (unpaired) electrons. The number of rotatable bonds is 4. The summed E-state index contributed by atoms with van der Waals surface area (Å²) in [4.78, 5) is 4.45. The van der Waals surface area contributed by atoms with Gasteiger partial charge in [-0.2, -0.15) is 5.10 Å². The van der Waals surface area contributed by atoms with Crippen LogP contribution in [0.3, 0.4) is 0 Å². The molecule has 0 aliphatic rings. The first-order valence-electron chi connectivity index (χ1n) is 6.47. The van der Waals surface area contributed by atoms with E-state index in [0.717, 1.165) is 11.3 Å². The van der Waals surface area contributed by atoms with Crippen molar-refractivity contribution in [2.75, 3.05) is 5.43 Å². The zero-order valence-electron chi connectivity index (χ0n) is 11.3. The molecular weight excluding hydrogens is 321 g/mol. The van der Waals surface area contributed by atoms with Crippen LogP contribution in [0.1, 0.15) is 5.56 Å². The van der Waals surface area contributed by atoms with Crippen LogP contribution < -0.4 is 5.43 Å². The summed E-state index contributed by atoms with van der Waals surface area (Å²) in [6.45, 7) is 0. The summed E-state index contributed by atoms with van der Waals surface area (Å²) in [6, 6.07) is 14.3. The Morgan fingerprint density at radius 2 is 2.00 bits per heavy atom. The van der Waals surface area contributed by atoms with Gasteiger partial charge in [-0.05, 0) is 17.7 Å². The quantitative estimate of drug-likeness (QED) is 0.536. The van der Waals surface area contributed by atoms with Crippen molar-refractivity contribution in [3.05, 3.63) is 70.3 Å². The van der Waals surface area contributed by atoms with Crippen molar-refractivity contribution in [3.8, 4) is 11.3 Å². The molecule has 22 heavy (non-hydrogen) atoms. The van der Waals surface area contributed by atoms with Crippen molar-refractivity contribution in [2.24, 2.45) is 5.10 Å². The first-order valence-corrected chi connectivity index (χ1v) is 7.73. The molecule has 3 aromatic rings. The van der Waals surface area contributed by atoms with Crippen molar-refractivity contribution >= 4 is 34.3 Å². The summed E-state index contributed by atoms with van der Waals surface area (Å²) in [7, 11) is 0. The van der Waals surface area contributed by atoms with Gasteiger partial charge in [-0.25, -0.2) is 9.37 Å². The number of thiazole rings is 1. The number of hydrazone groups is 1. The number of hydrogen-bond donors (Lipinski definition) is 1. The van der Waals surface area contributed by atoms with Crippen LogP contribution in [-0.2, 0) is 0 Å². The third-order valence-electron chi connectivity index (χ3n) is 2.89. The molecule has 1 N–H and O–H groups in total. The number of aromatic nitrogens is 1. The molecule has 0 amide bonds. The first-order chi connectivity index (χ1) is 10.7. The van der Waals surface area contributed by atoms with Crippen LogP contribution >= 0.6 is 22.9 Å². The highest BCUT2D eigenvalue weighted by Gasteiger charge is 2.03. The lowest BCUT2D eigenvalue weighted by Gasteiger charge is -1.97. The van der Waals surface area contributed by atoms with Crippen LogP contribution in [0.4, 0.5) is 9.52 Å². The largest absolute Gasteiger partial charge is 0.253 e. The Hall–Kier alpha value is -2.24. The van der Waals surface area contributed by atoms with E-state index >= 15 is 0 Å². The van der Waals surface area contributed by atoms with Crippen molar-refractivity contribution in [1.82, 2.24) is 4.98 Å². The summed E-state index contributed by atoms with van der Waals surface area (Å²) < 4.78 is 13.0. The van der Waals surface area contributed by atoms with Crippen molar-refractivity contribution < 1.29 is 4.39 Å². The fraction of sp³-hybridized carbons (Fsp3) is 0. The van der Waals surface area contributed by atoms with E-state index in [9.17, 15) is 4.39 Å². The molecule has 0 aliphatic heterocycles. The summed E-state index contributed by atoms with van der Waals surface area (Å²) in [5.74, 6) is -0.445. The van der Waals surface area contributed by atoms with Gasteiger partial charge in [0.1, 0.15) is 5.82 Å². The summed E-state index contributed by atoms with van der Waals surface area (Å²) >= 11 is 7.18. The molecule has 0 unspecified atom stereocenters. The lowest BCUT2D eigenvalue weighted by atomic mass is 10.2. The van der Waals surface area contributed by atoms with Gasteiger partial charge in [0, 0.05) is 10.9 Å². The molecule has 0 bridgehead atoms. The molecule has 0 spiro atoms. The van der Waals surface area contributed by atoms with E-state index in [1.807, 2.05) is 35.7 Å². The third-order valence-corrected chi connectivity index (χ3v) is 3.93. The number of halogens is 2. The average Bonchev–Trinajstić information content (AvgIpc) is 3.01. The van der Waals surface area contributed by atoms with E-state index < -0.39 is 5.82 Å². The highest BCUT2D eigenvalue weighted by Crippen LogP contribution is 2.24. The first kappa shape index (κ1) is 14.7. The van der Waals surface area contributed by atoms with Gasteiger partial charge < -0.3 is 0 Å². The van der Waals surface area contributed by atoms with Crippen molar-refractivity contribution in [3.63, 3.8) is 0 Å². The van der Waals surface area contributed by atoms with E-state index in [0.29, 0.717) is 10.7 Å². The average molecular weight is 332 g/mol. The standard InChI is InChI=1S/C16H11ClFN3S/c17-13-8-11(6-7-14(13)18)9-19-21-16-20-15(10-22-16)12-4-2-1-3-5-12/h1-10H,(H,20,21). The van der Waals surface area contributed by atoms with Gasteiger partial charge in [0.25, 0.3) is 0 Å². The maximum Gasteiger partial charge on any atom is 0.203 e. The molecule has 110 valence electrons. The predicted octanol–water partition coefficient (Wildman–Crippen LogP) is 5.05. The van der Waals surface area contributed by atoms with Gasteiger partial charge in [-0.15, -0.1) is 11.3 Å².